The van der Waals surface area contributed by atoms with Crippen LogP contribution in [0, 0.1) is 17.8 Å². The number of hydrogen-bond acceptors (Lipinski definition) is 4. The molecule has 35 heavy (non-hydrogen) atoms. The second-order valence-electron chi connectivity index (χ2n) is 9.91. The number of rotatable bonds is 9. The zero-order valence-corrected chi connectivity index (χ0v) is 20.4. The molecule has 3 atom stereocenters. The molecule has 0 radical (unpaired) electrons. The van der Waals surface area contributed by atoms with Crippen molar-refractivity contribution in [1.82, 2.24) is 10.2 Å². The number of carboxylic acid groups (broad SMARTS) is 1. The van der Waals surface area contributed by atoms with Gasteiger partial charge in [0.15, 0.2) is 0 Å². The summed E-state index contributed by atoms with van der Waals surface area (Å²) in [6.45, 7) is 5.51. The van der Waals surface area contributed by atoms with Crippen LogP contribution in [0.2, 0.25) is 0 Å². The van der Waals surface area contributed by atoms with Gasteiger partial charge in [0, 0.05) is 32.0 Å². The van der Waals surface area contributed by atoms with Gasteiger partial charge in [-0.25, -0.2) is 4.79 Å². The first-order chi connectivity index (χ1) is 16.8. The molecule has 2 aromatic carbocycles. The number of hydrogen-bond donors (Lipinski definition) is 2. The van der Waals surface area contributed by atoms with Gasteiger partial charge in [-0.1, -0.05) is 62.4 Å². The number of carboxylic acids is 1. The molecule has 0 spiro atoms. The van der Waals surface area contributed by atoms with E-state index >= 15 is 0 Å². The zero-order chi connectivity index (χ0) is 24.9. The highest BCUT2D eigenvalue weighted by Crippen LogP contribution is 2.44. The lowest BCUT2D eigenvalue weighted by Gasteiger charge is -2.18. The third-order valence-electron chi connectivity index (χ3n) is 7.38. The molecular weight excluding hydrogens is 444 g/mol. The number of fused-ring (bicyclic) bond motifs is 3. The smallest absolute Gasteiger partial charge is 0.407 e. The van der Waals surface area contributed by atoms with Crippen molar-refractivity contribution in [2.24, 2.45) is 17.8 Å². The van der Waals surface area contributed by atoms with Gasteiger partial charge in [0.2, 0.25) is 5.91 Å². The molecule has 1 heterocycles. The van der Waals surface area contributed by atoms with Crippen molar-refractivity contribution in [2.45, 2.75) is 39.0 Å². The first-order valence-electron chi connectivity index (χ1n) is 12.4. The molecule has 1 aliphatic heterocycles. The number of likely N-dealkylation sites (tertiary alicyclic amines) is 1. The summed E-state index contributed by atoms with van der Waals surface area (Å²) in [5.74, 6) is -1.03. The van der Waals surface area contributed by atoms with Crippen molar-refractivity contribution in [2.75, 3.05) is 26.2 Å². The van der Waals surface area contributed by atoms with Gasteiger partial charge < -0.3 is 20.1 Å². The molecular formula is C28H34N2O5. The number of carbonyl (C=O) groups is 3. The Bertz CT molecular complexity index is 1040. The Hall–Kier alpha value is -3.35. The number of aliphatic carboxylic acids is 1. The summed E-state index contributed by atoms with van der Waals surface area (Å²) >= 11 is 0. The molecule has 2 N–H and O–H groups in total. The van der Waals surface area contributed by atoms with Gasteiger partial charge in [0.1, 0.15) is 6.61 Å². The highest BCUT2D eigenvalue weighted by molar-refractivity contribution is 5.80. The number of alkyl carbamates (subject to hydrolysis) is 1. The van der Waals surface area contributed by atoms with Gasteiger partial charge in [-0.2, -0.15) is 0 Å². The number of benzene rings is 2. The van der Waals surface area contributed by atoms with E-state index in [1.807, 2.05) is 31.2 Å². The van der Waals surface area contributed by atoms with E-state index < -0.39 is 18.0 Å². The molecule has 2 aliphatic rings. The fourth-order valence-electron chi connectivity index (χ4n) is 5.23. The maximum absolute atomic E-state index is 12.5. The van der Waals surface area contributed by atoms with E-state index in [-0.39, 0.29) is 30.3 Å². The monoisotopic (exact) mass is 478 g/mol. The molecule has 1 saturated heterocycles. The molecule has 4 rings (SSSR count). The lowest BCUT2D eigenvalue weighted by Crippen LogP contribution is -2.30. The van der Waals surface area contributed by atoms with Crippen LogP contribution in [-0.2, 0) is 14.3 Å². The summed E-state index contributed by atoms with van der Waals surface area (Å²) in [4.78, 5) is 37.7. The lowest BCUT2D eigenvalue weighted by molar-refractivity contribution is -0.142. The standard InChI is InChI=1S/C28H34N2O5/c1-18(11-12-26(31)30-15-19(2)24(16-30)27(32)33)13-14-29-28(34)35-17-25-22-9-5-3-7-20(22)21-8-4-6-10-23(21)25/h3-10,18-19,24-25H,11-17H2,1-2H3,(H,29,34)(H,32,33)/t18?,19-,24-/m1/s1. The van der Waals surface area contributed by atoms with Crippen LogP contribution >= 0.6 is 0 Å². The van der Waals surface area contributed by atoms with Gasteiger partial charge in [-0.3, -0.25) is 9.59 Å². The normalized spacial score (nSPS) is 19.7. The summed E-state index contributed by atoms with van der Waals surface area (Å²) < 4.78 is 5.57. The third kappa shape index (κ3) is 5.66. The van der Waals surface area contributed by atoms with Gasteiger partial charge in [-0.15, -0.1) is 0 Å². The third-order valence-corrected chi connectivity index (χ3v) is 7.38. The first kappa shape index (κ1) is 24.8. The quantitative estimate of drug-likeness (QED) is 0.553. The topological polar surface area (TPSA) is 95.9 Å². The molecule has 2 aromatic rings. The number of ether oxygens (including phenoxy) is 1. The summed E-state index contributed by atoms with van der Waals surface area (Å²) in [7, 11) is 0. The lowest BCUT2D eigenvalue weighted by atomic mass is 9.98. The predicted molar refractivity (Wildman–Crippen MR) is 133 cm³/mol. The van der Waals surface area contributed by atoms with Crippen LogP contribution in [0.4, 0.5) is 4.79 Å². The minimum atomic E-state index is -0.833. The van der Waals surface area contributed by atoms with Crippen LogP contribution in [0.1, 0.15) is 50.2 Å². The van der Waals surface area contributed by atoms with Crippen molar-refractivity contribution in [3.05, 3.63) is 59.7 Å². The fraction of sp³-hybridized carbons (Fsp3) is 0.464. The summed E-state index contributed by atoms with van der Waals surface area (Å²) in [6.07, 6.45) is 1.41. The van der Waals surface area contributed by atoms with E-state index in [1.54, 1.807) is 4.90 Å². The second-order valence-corrected chi connectivity index (χ2v) is 9.91. The van der Waals surface area contributed by atoms with E-state index in [0.717, 1.165) is 6.42 Å². The van der Waals surface area contributed by atoms with E-state index in [2.05, 4.69) is 36.5 Å². The van der Waals surface area contributed by atoms with E-state index in [1.165, 1.54) is 22.3 Å². The van der Waals surface area contributed by atoms with E-state index in [4.69, 9.17) is 4.74 Å². The molecule has 186 valence electrons. The van der Waals surface area contributed by atoms with Gasteiger partial charge in [0.25, 0.3) is 0 Å². The van der Waals surface area contributed by atoms with Crippen LogP contribution in [0.3, 0.4) is 0 Å². The summed E-state index contributed by atoms with van der Waals surface area (Å²) in [5, 5.41) is 12.1. The maximum atomic E-state index is 12.5. The molecule has 0 aromatic heterocycles. The molecule has 7 nitrogen and oxygen atoms in total. The average molecular weight is 479 g/mol. The van der Waals surface area contributed by atoms with Crippen LogP contribution in [-0.4, -0.2) is 54.2 Å². The Labute approximate surface area is 206 Å². The van der Waals surface area contributed by atoms with Crippen molar-refractivity contribution in [3.8, 4) is 11.1 Å². The van der Waals surface area contributed by atoms with Crippen LogP contribution in [0.25, 0.3) is 11.1 Å². The molecule has 0 bridgehead atoms. The Morgan fingerprint density at radius 3 is 2.26 bits per heavy atom. The Kier molecular flexibility index (Phi) is 7.73. The van der Waals surface area contributed by atoms with Crippen molar-refractivity contribution in [1.29, 1.82) is 0 Å². The van der Waals surface area contributed by atoms with Gasteiger partial charge in [0.05, 0.1) is 5.92 Å². The largest absolute Gasteiger partial charge is 0.481 e. The van der Waals surface area contributed by atoms with Gasteiger partial charge >= 0.3 is 12.1 Å². The zero-order valence-electron chi connectivity index (χ0n) is 20.4. The highest BCUT2D eigenvalue weighted by Gasteiger charge is 2.36. The Morgan fingerprint density at radius 1 is 1.03 bits per heavy atom. The van der Waals surface area contributed by atoms with Crippen molar-refractivity contribution < 1.29 is 24.2 Å². The van der Waals surface area contributed by atoms with Crippen molar-refractivity contribution in [3.63, 3.8) is 0 Å². The van der Waals surface area contributed by atoms with Crippen molar-refractivity contribution >= 4 is 18.0 Å². The maximum Gasteiger partial charge on any atom is 0.407 e. The van der Waals surface area contributed by atoms with E-state index in [9.17, 15) is 19.5 Å². The number of carbonyl (C=O) groups excluding carboxylic acids is 2. The highest BCUT2D eigenvalue weighted by atomic mass is 16.5. The molecule has 2 amide bonds. The van der Waals surface area contributed by atoms with Crippen LogP contribution < -0.4 is 5.32 Å². The minimum absolute atomic E-state index is 0.0111. The summed E-state index contributed by atoms with van der Waals surface area (Å²) in [6, 6.07) is 16.5. The molecule has 1 fully saturated rings. The fourth-order valence-corrected chi connectivity index (χ4v) is 5.23. The van der Waals surface area contributed by atoms with Crippen LogP contribution in [0.15, 0.2) is 48.5 Å². The molecule has 1 unspecified atom stereocenters. The predicted octanol–water partition coefficient (Wildman–Crippen LogP) is 4.51. The van der Waals surface area contributed by atoms with Gasteiger partial charge in [-0.05, 0) is 46.9 Å². The number of nitrogens with one attached hydrogen (secondary N) is 1. The average Bonchev–Trinajstić information content (AvgIpc) is 3.39. The molecule has 1 aliphatic carbocycles. The SMILES string of the molecule is CC(CCNC(=O)OCC1c2ccccc2-c2ccccc21)CCC(=O)N1C[C@@H](C)[C@H](C(=O)O)C1. The first-order valence-corrected chi connectivity index (χ1v) is 12.4. The Morgan fingerprint density at radius 2 is 1.66 bits per heavy atom. The van der Waals surface area contributed by atoms with Crippen LogP contribution in [0.5, 0.6) is 0 Å². The molecule has 7 heteroatoms. The second kappa shape index (κ2) is 10.9. The number of amides is 2. The minimum Gasteiger partial charge on any atom is -0.481 e. The number of nitrogens with zero attached hydrogens (tertiary/aromatic N) is 1. The Balaban J connectivity index is 1.17. The van der Waals surface area contributed by atoms with E-state index in [0.29, 0.717) is 32.5 Å². The molecule has 0 saturated carbocycles. The summed E-state index contributed by atoms with van der Waals surface area (Å²) in [5.41, 5.74) is 4.76.